The summed E-state index contributed by atoms with van der Waals surface area (Å²) >= 11 is 0.00473. The molecule has 1 aliphatic rings. The van der Waals surface area contributed by atoms with Crippen LogP contribution < -0.4 is 3.61 Å². The molecule has 1 nitrogen and oxygen atoms in total. The summed E-state index contributed by atoms with van der Waals surface area (Å²) in [5, 5.41) is 9.41. The molecule has 0 unspecified atom stereocenters. The Balaban J connectivity index is 1.78. The van der Waals surface area contributed by atoms with Crippen LogP contribution in [-0.4, -0.2) is 32.1 Å². The zero-order valence-electron chi connectivity index (χ0n) is 8.23. The molecule has 1 aromatic rings. The predicted octanol–water partition coefficient (Wildman–Crippen LogP) is 1.60. The van der Waals surface area contributed by atoms with Crippen molar-refractivity contribution in [2.45, 2.75) is 29.8 Å². The summed E-state index contributed by atoms with van der Waals surface area (Å²) in [4.78, 5) is 0. The average Bonchev–Trinajstić information content (AvgIpc) is 2.63. The molecule has 0 aromatic heterocycles. The molecule has 0 radical (unpaired) electrons. The van der Waals surface area contributed by atoms with Crippen LogP contribution in [0.3, 0.4) is 0 Å². The van der Waals surface area contributed by atoms with Crippen LogP contribution in [-0.2, 0) is 0 Å². The summed E-state index contributed by atoms with van der Waals surface area (Å²) in [5.41, 5.74) is 0. The molecule has 1 fully saturated rings. The first-order valence-corrected chi connectivity index (χ1v) is 8.02. The fourth-order valence-corrected chi connectivity index (χ4v) is 5.01. The third-order valence-corrected chi connectivity index (χ3v) is 6.29. The zero-order chi connectivity index (χ0) is 9.80. The Morgan fingerprint density at radius 1 is 1.21 bits per heavy atom. The van der Waals surface area contributed by atoms with Crippen LogP contribution in [0.1, 0.15) is 19.3 Å². The first-order chi connectivity index (χ1) is 6.84. The van der Waals surface area contributed by atoms with Gasteiger partial charge in [-0.05, 0) is 0 Å². The van der Waals surface area contributed by atoms with Gasteiger partial charge in [0.15, 0.2) is 0 Å². The summed E-state index contributed by atoms with van der Waals surface area (Å²) < 4.78 is 2.92. The van der Waals surface area contributed by atoms with Crippen LogP contribution in [0.2, 0.25) is 4.47 Å². The second-order valence-electron chi connectivity index (χ2n) is 3.96. The van der Waals surface area contributed by atoms with Crippen molar-refractivity contribution >= 4 is 24.5 Å². The summed E-state index contributed by atoms with van der Waals surface area (Å²) in [6.45, 7) is 0. The molecule has 76 valence electrons. The fraction of sp³-hybridized carbons (Fsp3) is 0.500. The van der Waals surface area contributed by atoms with Crippen LogP contribution in [0.25, 0.3) is 0 Å². The maximum atomic E-state index is 9.41. The molecule has 0 spiro atoms. The normalized spacial score (nSPS) is 26.6. The Kier molecular flexibility index (Phi) is 3.87. The molecule has 0 aliphatic heterocycles. The van der Waals surface area contributed by atoms with Gasteiger partial charge in [0, 0.05) is 0 Å². The molecular weight excluding hydrogens is 288 g/mol. The van der Waals surface area contributed by atoms with Gasteiger partial charge in [0.25, 0.3) is 0 Å². The Labute approximate surface area is 95.6 Å². The van der Waals surface area contributed by atoms with Crippen molar-refractivity contribution in [3.63, 3.8) is 0 Å². The van der Waals surface area contributed by atoms with Gasteiger partial charge in [-0.25, -0.2) is 0 Å². The molecule has 2 heteroatoms. The SMILES string of the molecule is O[C@H]1CC[C@H](C[Te]c2ccccc2)C1. The van der Waals surface area contributed by atoms with E-state index in [1.54, 1.807) is 3.61 Å². The molecule has 1 aromatic carbocycles. The van der Waals surface area contributed by atoms with E-state index < -0.39 is 0 Å². The standard InChI is InChI=1S/C12H16OTe/c13-11-7-6-10(8-11)9-14-12-4-2-1-3-5-12/h1-5,10-11,13H,6-9H2/t10-,11-/m0/s1. The molecule has 1 saturated carbocycles. The van der Waals surface area contributed by atoms with Gasteiger partial charge < -0.3 is 0 Å². The van der Waals surface area contributed by atoms with Crippen LogP contribution in [0.4, 0.5) is 0 Å². The molecular formula is C12H16OTe. The quantitative estimate of drug-likeness (QED) is 0.841. The Bertz CT molecular complexity index is 273. The van der Waals surface area contributed by atoms with Gasteiger partial charge in [-0.15, -0.1) is 0 Å². The van der Waals surface area contributed by atoms with Crippen molar-refractivity contribution in [2.75, 3.05) is 0 Å². The first-order valence-electron chi connectivity index (χ1n) is 5.20. The number of hydrogen-bond acceptors (Lipinski definition) is 1. The van der Waals surface area contributed by atoms with E-state index in [4.69, 9.17) is 0 Å². The number of aliphatic hydroxyl groups excluding tert-OH is 1. The van der Waals surface area contributed by atoms with E-state index in [-0.39, 0.29) is 27.0 Å². The number of hydrogen-bond donors (Lipinski definition) is 1. The van der Waals surface area contributed by atoms with E-state index in [2.05, 4.69) is 30.3 Å². The van der Waals surface area contributed by atoms with Gasteiger partial charge in [0.1, 0.15) is 0 Å². The Morgan fingerprint density at radius 2 is 2.00 bits per heavy atom. The van der Waals surface area contributed by atoms with Crippen molar-refractivity contribution in [2.24, 2.45) is 5.92 Å². The number of aliphatic hydroxyl groups is 1. The summed E-state index contributed by atoms with van der Waals surface area (Å²) in [7, 11) is 0. The minimum absolute atomic E-state index is 0.00300. The van der Waals surface area contributed by atoms with E-state index in [0.29, 0.717) is 0 Å². The molecule has 1 N–H and O–H groups in total. The molecule has 0 heterocycles. The maximum absolute atomic E-state index is 9.41. The van der Waals surface area contributed by atoms with Gasteiger partial charge in [0.05, 0.1) is 0 Å². The van der Waals surface area contributed by atoms with Crippen molar-refractivity contribution in [3.8, 4) is 0 Å². The van der Waals surface area contributed by atoms with E-state index in [1.807, 2.05) is 0 Å². The summed E-state index contributed by atoms with van der Waals surface area (Å²) in [5.74, 6) is 0.813. The Hall–Kier alpha value is -0.0304. The topological polar surface area (TPSA) is 20.2 Å². The van der Waals surface area contributed by atoms with Crippen LogP contribution in [0.5, 0.6) is 0 Å². The van der Waals surface area contributed by atoms with E-state index in [9.17, 15) is 5.11 Å². The zero-order valence-corrected chi connectivity index (χ0v) is 10.6. The van der Waals surface area contributed by atoms with Gasteiger partial charge in [-0.3, -0.25) is 0 Å². The molecule has 0 bridgehead atoms. The molecule has 0 amide bonds. The van der Waals surface area contributed by atoms with Crippen molar-refractivity contribution in [3.05, 3.63) is 30.3 Å². The fourth-order valence-electron chi connectivity index (χ4n) is 1.93. The second kappa shape index (κ2) is 5.16. The Morgan fingerprint density at radius 3 is 2.64 bits per heavy atom. The van der Waals surface area contributed by atoms with E-state index in [0.717, 1.165) is 18.8 Å². The summed E-state index contributed by atoms with van der Waals surface area (Å²) in [6.07, 6.45) is 3.34. The van der Waals surface area contributed by atoms with Crippen LogP contribution >= 0.6 is 0 Å². The van der Waals surface area contributed by atoms with Gasteiger partial charge in [-0.1, -0.05) is 0 Å². The third kappa shape index (κ3) is 2.98. The van der Waals surface area contributed by atoms with Crippen molar-refractivity contribution < 1.29 is 5.11 Å². The molecule has 1 aliphatic carbocycles. The summed E-state index contributed by atoms with van der Waals surface area (Å²) in [6, 6.07) is 10.8. The van der Waals surface area contributed by atoms with Gasteiger partial charge in [-0.2, -0.15) is 0 Å². The average molecular weight is 304 g/mol. The number of rotatable bonds is 3. The molecule has 2 rings (SSSR count). The number of benzene rings is 1. The predicted molar refractivity (Wildman–Crippen MR) is 60.0 cm³/mol. The van der Waals surface area contributed by atoms with E-state index in [1.165, 1.54) is 10.9 Å². The second-order valence-corrected chi connectivity index (χ2v) is 7.08. The third-order valence-electron chi connectivity index (χ3n) is 2.74. The van der Waals surface area contributed by atoms with Gasteiger partial charge in [0.2, 0.25) is 0 Å². The minimum atomic E-state index is 0.00300. The molecule has 14 heavy (non-hydrogen) atoms. The van der Waals surface area contributed by atoms with Crippen molar-refractivity contribution in [1.29, 1.82) is 0 Å². The van der Waals surface area contributed by atoms with Crippen LogP contribution in [0.15, 0.2) is 30.3 Å². The van der Waals surface area contributed by atoms with Crippen molar-refractivity contribution in [1.82, 2.24) is 0 Å². The van der Waals surface area contributed by atoms with Gasteiger partial charge >= 0.3 is 95.7 Å². The van der Waals surface area contributed by atoms with E-state index >= 15 is 0 Å². The van der Waals surface area contributed by atoms with Crippen LogP contribution in [0, 0.1) is 5.92 Å². The molecule has 0 saturated heterocycles. The molecule has 2 atom stereocenters. The monoisotopic (exact) mass is 306 g/mol. The first kappa shape index (κ1) is 10.5.